The molecule has 0 heterocycles. The van der Waals surface area contributed by atoms with E-state index in [0.717, 1.165) is 12.8 Å². The number of unbranched alkanes of at least 4 members (excludes halogenated alkanes) is 16. The van der Waals surface area contributed by atoms with Gasteiger partial charge in [-0.2, -0.15) is 0 Å². The van der Waals surface area contributed by atoms with Gasteiger partial charge in [0.25, 0.3) is 0 Å². The van der Waals surface area contributed by atoms with E-state index in [4.69, 9.17) is 4.74 Å². The fourth-order valence-corrected chi connectivity index (χ4v) is 4.96. The van der Waals surface area contributed by atoms with Crippen molar-refractivity contribution in [3.05, 3.63) is 0 Å². The highest BCUT2D eigenvalue weighted by atomic mass is 16.5. The van der Waals surface area contributed by atoms with Crippen molar-refractivity contribution in [1.82, 2.24) is 0 Å². The minimum absolute atomic E-state index is 0.0183. The molecule has 0 N–H and O–H groups in total. The molecule has 0 radical (unpaired) electrons. The van der Waals surface area contributed by atoms with Crippen LogP contribution in [0.1, 0.15) is 175 Å². The summed E-state index contributed by atoms with van der Waals surface area (Å²) in [5.41, 5.74) is 0.546. The van der Waals surface area contributed by atoms with Crippen molar-refractivity contribution in [3.8, 4) is 0 Å². The lowest BCUT2D eigenvalue weighted by Crippen LogP contribution is -2.17. The maximum absolute atomic E-state index is 11.9. The van der Waals surface area contributed by atoms with Gasteiger partial charge in [0.2, 0.25) is 0 Å². The van der Waals surface area contributed by atoms with E-state index in [0.29, 0.717) is 18.4 Å². The van der Waals surface area contributed by atoms with Gasteiger partial charge in [-0.25, -0.2) is 0 Å². The third-order valence-corrected chi connectivity index (χ3v) is 7.85. The van der Waals surface area contributed by atoms with Crippen LogP contribution in [0, 0.1) is 5.41 Å². The average molecular weight is 453 g/mol. The Balaban J connectivity index is 3.32. The van der Waals surface area contributed by atoms with Crippen molar-refractivity contribution in [2.45, 2.75) is 175 Å². The lowest BCUT2D eigenvalue weighted by molar-refractivity contribution is -0.143. The summed E-state index contributed by atoms with van der Waals surface area (Å²) in [7, 11) is 0. The van der Waals surface area contributed by atoms with Crippen LogP contribution < -0.4 is 0 Å². The normalized spacial score (nSPS) is 11.8. The van der Waals surface area contributed by atoms with Crippen molar-refractivity contribution in [2.75, 3.05) is 6.61 Å². The van der Waals surface area contributed by atoms with Crippen LogP contribution in [0.25, 0.3) is 0 Å². The number of carbonyl (C=O) groups excluding carboxylic acids is 1. The van der Waals surface area contributed by atoms with Crippen LogP contribution in [0.15, 0.2) is 0 Å². The summed E-state index contributed by atoms with van der Waals surface area (Å²) in [5, 5.41) is 0. The molecule has 32 heavy (non-hydrogen) atoms. The molecule has 0 bridgehead atoms. The topological polar surface area (TPSA) is 26.3 Å². The molecule has 0 aliphatic rings. The van der Waals surface area contributed by atoms with Gasteiger partial charge in [0.1, 0.15) is 0 Å². The number of esters is 1. The Morgan fingerprint density at radius 2 is 0.938 bits per heavy atom. The number of ether oxygens (including phenoxy) is 1. The minimum atomic E-state index is 0.0183. The standard InChI is InChI=1S/C30H60O2/c1-5-9-10-11-12-13-14-15-16-17-18-19-20-21-23-26-29(31)32-28-25-22-24-27-30(6-2,7-3)8-4/h5-28H2,1-4H3. The van der Waals surface area contributed by atoms with Crippen molar-refractivity contribution < 1.29 is 9.53 Å². The maximum atomic E-state index is 11.9. The summed E-state index contributed by atoms with van der Waals surface area (Å²) in [5.74, 6) is 0.0183. The molecule has 0 saturated heterocycles. The highest BCUT2D eigenvalue weighted by molar-refractivity contribution is 5.69. The van der Waals surface area contributed by atoms with Crippen LogP contribution in [0.5, 0.6) is 0 Å². The Morgan fingerprint density at radius 1 is 0.531 bits per heavy atom. The summed E-state index contributed by atoms with van der Waals surface area (Å²) < 4.78 is 5.43. The monoisotopic (exact) mass is 452 g/mol. The van der Waals surface area contributed by atoms with Gasteiger partial charge < -0.3 is 4.74 Å². The van der Waals surface area contributed by atoms with E-state index >= 15 is 0 Å². The fourth-order valence-electron chi connectivity index (χ4n) is 4.96. The van der Waals surface area contributed by atoms with E-state index in [1.165, 1.54) is 128 Å². The van der Waals surface area contributed by atoms with E-state index in [2.05, 4.69) is 27.7 Å². The Kier molecular flexibility index (Phi) is 23.2. The first-order valence-electron chi connectivity index (χ1n) is 14.8. The van der Waals surface area contributed by atoms with Gasteiger partial charge >= 0.3 is 5.97 Å². The van der Waals surface area contributed by atoms with E-state index in [1.54, 1.807) is 0 Å². The minimum Gasteiger partial charge on any atom is -0.466 e. The molecule has 0 aromatic rings. The first-order valence-corrected chi connectivity index (χ1v) is 14.8. The van der Waals surface area contributed by atoms with Crippen LogP contribution in [0.3, 0.4) is 0 Å². The van der Waals surface area contributed by atoms with E-state index in [9.17, 15) is 4.79 Å². The lowest BCUT2D eigenvalue weighted by Gasteiger charge is -2.30. The Labute approximate surface area is 203 Å². The summed E-state index contributed by atoms with van der Waals surface area (Å²) in [4.78, 5) is 11.9. The zero-order valence-corrected chi connectivity index (χ0v) is 22.8. The molecule has 192 valence electrons. The second-order valence-electron chi connectivity index (χ2n) is 10.3. The molecule has 0 atom stereocenters. The molecule has 0 unspecified atom stereocenters. The Morgan fingerprint density at radius 3 is 1.38 bits per heavy atom. The molecule has 0 saturated carbocycles. The van der Waals surface area contributed by atoms with E-state index in [1.807, 2.05) is 0 Å². The maximum Gasteiger partial charge on any atom is 0.305 e. The van der Waals surface area contributed by atoms with Gasteiger partial charge in [0, 0.05) is 6.42 Å². The summed E-state index contributed by atoms with van der Waals surface area (Å²) in [6, 6.07) is 0. The van der Waals surface area contributed by atoms with E-state index < -0.39 is 0 Å². The van der Waals surface area contributed by atoms with Crippen LogP contribution in [0.2, 0.25) is 0 Å². The van der Waals surface area contributed by atoms with Gasteiger partial charge in [-0.3, -0.25) is 4.79 Å². The number of rotatable bonds is 25. The molecule has 2 heteroatoms. The van der Waals surface area contributed by atoms with Crippen LogP contribution >= 0.6 is 0 Å². The molecule has 0 aliphatic carbocycles. The van der Waals surface area contributed by atoms with Gasteiger partial charge in [0.15, 0.2) is 0 Å². The van der Waals surface area contributed by atoms with Crippen molar-refractivity contribution in [1.29, 1.82) is 0 Å². The molecule has 2 nitrogen and oxygen atoms in total. The van der Waals surface area contributed by atoms with Gasteiger partial charge in [0.05, 0.1) is 6.61 Å². The first-order chi connectivity index (χ1) is 15.6. The zero-order chi connectivity index (χ0) is 23.8. The third-order valence-electron chi connectivity index (χ3n) is 7.85. The highest BCUT2D eigenvalue weighted by Crippen LogP contribution is 2.36. The number of hydrogen-bond donors (Lipinski definition) is 0. The highest BCUT2D eigenvalue weighted by Gasteiger charge is 2.22. The lowest BCUT2D eigenvalue weighted by atomic mass is 9.76. The predicted molar refractivity (Wildman–Crippen MR) is 142 cm³/mol. The fraction of sp³-hybridized carbons (Fsp3) is 0.967. The van der Waals surface area contributed by atoms with E-state index in [-0.39, 0.29) is 5.97 Å². The Bertz CT molecular complexity index is 378. The molecule has 0 aromatic heterocycles. The molecule has 0 aliphatic heterocycles. The van der Waals surface area contributed by atoms with Crippen molar-refractivity contribution >= 4 is 5.97 Å². The van der Waals surface area contributed by atoms with Gasteiger partial charge in [-0.05, 0) is 24.7 Å². The number of hydrogen-bond acceptors (Lipinski definition) is 2. The van der Waals surface area contributed by atoms with Crippen molar-refractivity contribution in [2.24, 2.45) is 5.41 Å². The van der Waals surface area contributed by atoms with Gasteiger partial charge in [-0.15, -0.1) is 0 Å². The largest absolute Gasteiger partial charge is 0.466 e. The van der Waals surface area contributed by atoms with Gasteiger partial charge in [-0.1, -0.05) is 150 Å². The molecule has 0 amide bonds. The SMILES string of the molecule is CCCCCCCCCCCCCCCCCC(=O)OCCCCCC(CC)(CC)CC. The molecular weight excluding hydrogens is 392 g/mol. The summed E-state index contributed by atoms with van der Waals surface area (Å²) in [6.45, 7) is 9.88. The Hall–Kier alpha value is -0.530. The molecular formula is C30H60O2. The zero-order valence-electron chi connectivity index (χ0n) is 22.8. The van der Waals surface area contributed by atoms with Crippen LogP contribution in [-0.2, 0) is 9.53 Å². The third kappa shape index (κ3) is 19.0. The summed E-state index contributed by atoms with van der Waals surface area (Å²) in [6.07, 6.45) is 29.6. The van der Waals surface area contributed by atoms with Crippen LogP contribution in [-0.4, -0.2) is 12.6 Å². The molecule has 0 fully saturated rings. The van der Waals surface area contributed by atoms with Crippen molar-refractivity contribution in [3.63, 3.8) is 0 Å². The first kappa shape index (κ1) is 31.5. The quantitative estimate of drug-likeness (QED) is 0.102. The molecule has 0 spiro atoms. The number of carbonyl (C=O) groups is 1. The predicted octanol–water partition coefficient (Wildman–Crippen LogP) is 10.6. The smallest absolute Gasteiger partial charge is 0.305 e. The second kappa shape index (κ2) is 23.6. The summed E-state index contributed by atoms with van der Waals surface area (Å²) >= 11 is 0. The second-order valence-corrected chi connectivity index (χ2v) is 10.3. The van der Waals surface area contributed by atoms with Crippen LogP contribution in [0.4, 0.5) is 0 Å². The molecule has 0 rings (SSSR count). The molecule has 0 aromatic carbocycles. The average Bonchev–Trinajstić information content (AvgIpc) is 2.81.